The maximum absolute atomic E-state index is 12.6. The van der Waals surface area contributed by atoms with Crippen molar-refractivity contribution in [3.05, 3.63) is 48.5 Å². The van der Waals surface area contributed by atoms with Crippen LogP contribution in [0.3, 0.4) is 0 Å². The van der Waals surface area contributed by atoms with E-state index in [-0.39, 0.29) is 27.8 Å². The van der Waals surface area contributed by atoms with Crippen LogP contribution in [0.25, 0.3) is 10.8 Å². The predicted molar refractivity (Wildman–Crippen MR) is 113 cm³/mol. The second kappa shape index (κ2) is 10.5. The Morgan fingerprint density at radius 3 is 2.00 bits per heavy atom. The number of nitrogens with zero attached hydrogens (tertiary/aromatic N) is 2. The minimum absolute atomic E-state index is 0. The Hall–Kier alpha value is -2.63. The van der Waals surface area contributed by atoms with Gasteiger partial charge in [-0.2, -0.15) is 27.1 Å². The van der Waals surface area contributed by atoms with Gasteiger partial charge in [-0.25, -0.2) is 12.6 Å². The molecule has 0 aromatic heterocycles. The fraction of sp³-hybridized carbons (Fsp3) is 0.111. The minimum Gasteiger partial charge on any atom is -0.871 e. The van der Waals surface area contributed by atoms with Crippen LogP contribution in [0.5, 0.6) is 11.5 Å². The maximum atomic E-state index is 12.6. The number of azo groups is 1. The molecule has 0 saturated heterocycles. The average Bonchev–Trinajstić information content (AvgIpc) is 2.72. The van der Waals surface area contributed by atoms with E-state index in [0.29, 0.717) is 6.07 Å². The molecule has 0 atom stereocenters. The molecule has 3 aromatic rings. The van der Waals surface area contributed by atoms with Crippen molar-refractivity contribution >= 4 is 52.5 Å². The Balaban J connectivity index is 0.00000432. The normalized spacial score (nSPS) is 12.6. The van der Waals surface area contributed by atoms with Gasteiger partial charge in [0.05, 0.1) is 28.6 Å². The van der Waals surface area contributed by atoms with Crippen LogP contribution in [-0.2, 0) is 51.6 Å². The number of hydrogen-bond acceptors (Lipinski definition) is 11. The van der Waals surface area contributed by atoms with Crippen molar-refractivity contribution in [1.82, 2.24) is 0 Å². The smallest absolute Gasteiger partial charge is 0.871 e. The largest absolute Gasteiger partial charge is 2.00 e. The van der Waals surface area contributed by atoms with E-state index in [1.807, 2.05) is 0 Å². The van der Waals surface area contributed by atoms with Crippen LogP contribution in [-0.4, -0.2) is 46.7 Å². The van der Waals surface area contributed by atoms with Gasteiger partial charge in [0.2, 0.25) is 0 Å². The zero-order valence-electron chi connectivity index (χ0n) is 17.0. The van der Waals surface area contributed by atoms with Crippen LogP contribution in [0.2, 0.25) is 0 Å². The number of fused-ring (bicyclic) bond motifs is 1. The fourth-order valence-corrected chi connectivity index (χ4v) is 5.05. The Morgan fingerprint density at radius 1 is 0.829 bits per heavy atom. The molecular formula is C18H14CuN2O11S3. The van der Waals surface area contributed by atoms with Crippen molar-refractivity contribution in [3.8, 4) is 11.5 Å². The molecule has 0 heterocycles. The summed E-state index contributed by atoms with van der Waals surface area (Å²) in [4.78, 5) is -1.08. The van der Waals surface area contributed by atoms with Crippen molar-refractivity contribution in [1.29, 1.82) is 0 Å². The van der Waals surface area contributed by atoms with E-state index >= 15 is 0 Å². The van der Waals surface area contributed by atoms with E-state index in [2.05, 4.69) is 14.4 Å². The molecule has 0 aliphatic rings. The predicted octanol–water partition coefficient (Wildman–Crippen LogP) is 1.24. The zero-order valence-corrected chi connectivity index (χ0v) is 20.4. The molecule has 0 fully saturated rings. The van der Waals surface area contributed by atoms with E-state index in [4.69, 9.17) is 4.55 Å². The summed E-state index contributed by atoms with van der Waals surface area (Å²) in [5.74, 6) is -2.51. The number of hydrogen-bond donors (Lipinski definition) is 2. The molecule has 17 heteroatoms. The summed E-state index contributed by atoms with van der Waals surface area (Å²) >= 11 is 0. The topological polar surface area (TPSA) is 223 Å². The van der Waals surface area contributed by atoms with E-state index in [1.165, 1.54) is 24.3 Å². The van der Waals surface area contributed by atoms with Crippen LogP contribution in [0, 0.1) is 0 Å². The summed E-state index contributed by atoms with van der Waals surface area (Å²) in [5.41, 5.74) is -0.890. The Labute approximate surface area is 210 Å². The summed E-state index contributed by atoms with van der Waals surface area (Å²) in [7, 11) is -13.7. The van der Waals surface area contributed by atoms with Crippen molar-refractivity contribution in [2.45, 2.75) is 9.79 Å². The Kier molecular flexibility index (Phi) is 8.62. The molecule has 13 nitrogen and oxygen atoms in total. The number of benzene rings is 3. The Bertz CT molecular complexity index is 1620. The van der Waals surface area contributed by atoms with Crippen molar-refractivity contribution in [2.24, 2.45) is 10.2 Å². The van der Waals surface area contributed by atoms with Gasteiger partial charge in [-0.3, -0.25) is 9.11 Å². The molecule has 0 aliphatic carbocycles. The first-order chi connectivity index (χ1) is 15.7. The summed E-state index contributed by atoms with van der Waals surface area (Å²) in [6.07, 6.45) is 0. The van der Waals surface area contributed by atoms with Gasteiger partial charge in [0, 0.05) is 5.39 Å². The van der Waals surface area contributed by atoms with Crippen LogP contribution in [0.15, 0.2) is 68.6 Å². The SMILES string of the molecule is O=S(=O)(O)OCCS(=O)(=O)c1ccc(N=Nc2cc(S(=O)(=O)O)c3ccccc3c2[O-])c([O-])c1.[Cu+2]. The van der Waals surface area contributed by atoms with Crippen molar-refractivity contribution in [3.63, 3.8) is 0 Å². The third-order valence-electron chi connectivity index (χ3n) is 4.36. The van der Waals surface area contributed by atoms with Gasteiger partial charge in [0.1, 0.15) is 4.90 Å². The van der Waals surface area contributed by atoms with Crippen molar-refractivity contribution < 1.29 is 65.8 Å². The molecule has 2 N–H and O–H groups in total. The average molecular weight is 594 g/mol. The first-order valence-corrected chi connectivity index (χ1v) is 13.4. The van der Waals surface area contributed by atoms with Crippen LogP contribution < -0.4 is 10.2 Å². The van der Waals surface area contributed by atoms with Gasteiger partial charge >= 0.3 is 27.5 Å². The molecule has 0 spiro atoms. The maximum Gasteiger partial charge on any atom is 2.00 e. The third-order valence-corrected chi connectivity index (χ3v) is 7.39. The van der Waals surface area contributed by atoms with Gasteiger partial charge in [0.15, 0.2) is 9.84 Å². The molecule has 0 bridgehead atoms. The van der Waals surface area contributed by atoms with Gasteiger partial charge in [-0.15, -0.1) is 0 Å². The standard InChI is InChI=1S/C18H16N2O11S3.Cu/c21-16-9-11(32(23,24)8-7-31-34(28,29)30)5-6-14(16)19-20-15-10-17(33(25,26)27)12-3-1-2-4-13(12)18(15)22;/h1-6,9-10,21-22H,7-8H2,(H,25,26,27)(H,28,29,30);/q;+2/p-2. The van der Waals surface area contributed by atoms with Gasteiger partial charge in [-0.05, 0) is 29.7 Å². The number of rotatable bonds is 8. The molecule has 0 saturated carbocycles. The molecular weight excluding hydrogens is 580 g/mol. The summed E-state index contributed by atoms with van der Waals surface area (Å²) in [6, 6.07) is 8.98. The van der Waals surface area contributed by atoms with E-state index in [0.717, 1.165) is 18.2 Å². The van der Waals surface area contributed by atoms with Crippen LogP contribution in [0.4, 0.5) is 11.4 Å². The first kappa shape index (κ1) is 28.6. The fourth-order valence-electron chi connectivity index (χ4n) is 2.83. The molecule has 0 unspecified atom stereocenters. The summed E-state index contributed by atoms with van der Waals surface area (Å²) in [5, 5.41) is 32.0. The summed E-state index contributed by atoms with van der Waals surface area (Å²) < 4.78 is 90.7. The first-order valence-electron chi connectivity index (χ1n) is 8.97. The van der Waals surface area contributed by atoms with E-state index in [9.17, 15) is 40.0 Å². The third kappa shape index (κ3) is 6.96. The molecule has 3 aromatic carbocycles. The molecule has 191 valence electrons. The molecule has 35 heavy (non-hydrogen) atoms. The summed E-state index contributed by atoms with van der Waals surface area (Å²) in [6.45, 7) is -0.888. The zero-order chi connectivity index (χ0) is 25.3. The van der Waals surface area contributed by atoms with Gasteiger partial charge in [-0.1, -0.05) is 35.8 Å². The van der Waals surface area contributed by atoms with Crippen molar-refractivity contribution in [2.75, 3.05) is 12.4 Å². The van der Waals surface area contributed by atoms with Crippen LogP contribution in [0.1, 0.15) is 0 Å². The molecule has 3 rings (SSSR count). The molecule has 0 amide bonds. The minimum atomic E-state index is -4.84. The Morgan fingerprint density at radius 2 is 1.43 bits per heavy atom. The van der Waals surface area contributed by atoms with Gasteiger partial charge < -0.3 is 10.2 Å². The molecule has 0 aliphatic heterocycles. The van der Waals surface area contributed by atoms with Gasteiger partial charge in [0.25, 0.3) is 10.1 Å². The van der Waals surface area contributed by atoms with E-state index in [1.54, 1.807) is 0 Å². The monoisotopic (exact) mass is 593 g/mol. The van der Waals surface area contributed by atoms with Crippen LogP contribution >= 0.6 is 0 Å². The second-order valence-electron chi connectivity index (χ2n) is 6.64. The second-order valence-corrected chi connectivity index (χ2v) is 11.2. The quantitative estimate of drug-likeness (QED) is 0.214. The molecule has 1 radical (unpaired) electrons. The van der Waals surface area contributed by atoms with E-state index < -0.39 is 75.4 Å². The number of sulfone groups is 1.